The number of hydrogen-bond donors (Lipinski definition) is 1. The van der Waals surface area contributed by atoms with Crippen molar-refractivity contribution in [1.82, 2.24) is 4.31 Å². The van der Waals surface area contributed by atoms with Gasteiger partial charge in [0.05, 0.1) is 5.75 Å². The fourth-order valence-corrected chi connectivity index (χ4v) is 3.33. The van der Waals surface area contributed by atoms with Crippen LogP contribution in [0.4, 0.5) is 0 Å². The van der Waals surface area contributed by atoms with Gasteiger partial charge in [0.25, 0.3) is 0 Å². The largest absolute Gasteiger partial charge is 0.329 e. The van der Waals surface area contributed by atoms with Gasteiger partial charge in [0.1, 0.15) is 0 Å². The van der Waals surface area contributed by atoms with Gasteiger partial charge in [0.2, 0.25) is 10.0 Å². The molecule has 4 nitrogen and oxygen atoms in total. The molecule has 0 amide bonds. The molecular weight excluding hydrogens is 200 g/mol. The Kier molecular flexibility index (Phi) is 5.05. The van der Waals surface area contributed by atoms with E-state index in [1.165, 1.54) is 4.31 Å². The van der Waals surface area contributed by atoms with Crippen LogP contribution >= 0.6 is 0 Å². The lowest BCUT2D eigenvalue weighted by Gasteiger charge is -2.25. The van der Waals surface area contributed by atoms with E-state index in [0.717, 1.165) is 0 Å². The number of hydrogen-bond acceptors (Lipinski definition) is 3. The third-order valence-corrected chi connectivity index (χ3v) is 4.20. The van der Waals surface area contributed by atoms with Gasteiger partial charge >= 0.3 is 0 Å². The van der Waals surface area contributed by atoms with E-state index in [4.69, 9.17) is 5.73 Å². The standard InChI is InChI=1S/C9H22N2O2S/c1-5-11(7-6-10)14(12,13)8-9(2,3)4/h5-8,10H2,1-4H3. The summed E-state index contributed by atoms with van der Waals surface area (Å²) in [6, 6.07) is 0. The van der Waals surface area contributed by atoms with Crippen LogP contribution in [0.5, 0.6) is 0 Å². The number of rotatable bonds is 5. The zero-order valence-electron chi connectivity index (χ0n) is 9.58. The first-order valence-corrected chi connectivity index (χ1v) is 6.52. The van der Waals surface area contributed by atoms with E-state index in [0.29, 0.717) is 19.6 Å². The van der Waals surface area contributed by atoms with Crippen LogP contribution in [0.25, 0.3) is 0 Å². The molecule has 0 aliphatic heterocycles. The average Bonchev–Trinajstić information content (AvgIpc) is 1.94. The summed E-state index contributed by atoms with van der Waals surface area (Å²) in [6.45, 7) is 8.86. The van der Waals surface area contributed by atoms with Crippen LogP contribution in [0, 0.1) is 5.41 Å². The monoisotopic (exact) mass is 222 g/mol. The molecule has 0 bridgehead atoms. The zero-order chi connectivity index (χ0) is 11.4. The number of sulfonamides is 1. The first kappa shape index (κ1) is 13.9. The molecule has 0 rings (SSSR count). The first-order valence-electron chi connectivity index (χ1n) is 4.91. The van der Waals surface area contributed by atoms with Crippen LogP contribution < -0.4 is 5.73 Å². The molecule has 86 valence electrons. The van der Waals surface area contributed by atoms with E-state index in [-0.39, 0.29) is 11.2 Å². The van der Waals surface area contributed by atoms with Crippen LogP contribution in [-0.4, -0.2) is 38.1 Å². The molecule has 0 aromatic carbocycles. The molecular formula is C9H22N2O2S. The Morgan fingerprint density at radius 3 is 2.07 bits per heavy atom. The van der Waals surface area contributed by atoms with Gasteiger partial charge in [-0.1, -0.05) is 27.7 Å². The highest BCUT2D eigenvalue weighted by Crippen LogP contribution is 2.18. The second-order valence-electron chi connectivity index (χ2n) is 4.60. The third-order valence-electron chi connectivity index (χ3n) is 1.74. The second kappa shape index (κ2) is 5.09. The molecule has 0 heterocycles. The predicted molar refractivity (Wildman–Crippen MR) is 59.5 cm³/mol. The fraction of sp³-hybridized carbons (Fsp3) is 1.00. The molecule has 14 heavy (non-hydrogen) atoms. The topological polar surface area (TPSA) is 63.4 Å². The maximum Gasteiger partial charge on any atom is 0.214 e. The van der Waals surface area contributed by atoms with Crippen LogP contribution in [0.2, 0.25) is 0 Å². The van der Waals surface area contributed by atoms with Crippen molar-refractivity contribution in [3.05, 3.63) is 0 Å². The van der Waals surface area contributed by atoms with Gasteiger partial charge < -0.3 is 5.73 Å². The minimum Gasteiger partial charge on any atom is -0.329 e. The Bertz CT molecular complexity index is 254. The van der Waals surface area contributed by atoms with Crippen molar-refractivity contribution in [1.29, 1.82) is 0 Å². The molecule has 0 aliphatic rings. The van der Waals surface area contributed by atoms with Crippen LogP contribution in [-0.2, 0) is 10.0 Å². The molecule has 0 radical (unpaired) electrons. The Balaban J connectivity index is 4.59. The van der Waals surface area contributed by atoms with E-state index in [2.05, 4.69) is 0 Å². The fourth-order valence-electron chi connectivity index (χ4n) is 1.28. The van der Waals surface area contributed by atoms with Crippen molar-refractivity contribution in [3.63, 3.8) is 0 Å². The first-order chi connectivity index (χ1) is 6.23. The van der Waals surface area contributed by atoms with Crippen molar-refractivity contribution in [3.8, 4) is 0 Å². The molecule has 0 aromatic rings. The van der Waals surface area contributed by atoms with Gasteiger partial charge in [0, 0.05) is 19.6 Å². The van der Waals surface area contributed by atoms with E-state index >= 15 is 0 Å². The second-order valence-corrected chi connectivity index (χ2v) is 6.57. The normalized spacial score (nSPS) is 13.6. The van der Waals surface area contributed by atoms with Crippen LogP contribution in [0.1, 0.15) is 27.7 Å². The van der Waals surface area contributed by atoms with E-state index < -0.39 is 10.0 Å². The Morgan fingerprint density at radius 2 is 1.79 bits per heavy atom. The molecule has 5 heteroatoms. The van der Waals surface area contributed by atoms with Gasteiger partial charge in [-0.05, 0) is 5.41 Å². The summed E-state index contributed by atoms with van der Waals surface area (Å²) in [5.74, 6) is 0.174. The summed E-state index contributed by atoms with van der Waals surface area (Å²) >= 11 is 0. The highest BCUT2D eigenvalue weighted by Gasteiger charge is 2.26. The van der Waals surface area contributed by atoms with Gasteiger partial charge in [0.15, 0.2) is 0 Å². The molecule has 0 saturated carbocycles. The lowest BCUT2D eigenvalue weighted by molar-refractivity contribution is 0.403. The average molecular weight is 222 g/mol. The summed E-state index contributed by atoms with van der Waals surface area (Å²) < 4.78 is 25.1. The molecule has 0 aliphatic carbocycles. The van der Waals surface area contributed by atoms with Gasteiger partial charge in [-0.25, -0.2) is 12.7 Å². The molecule has 0 fully saturated rings. The number of nitrogens with zero attached hydrogens (tertiary/aromatic N) is 1. The summed E-state index contributed by atoms with van der Waals surface area (Å²) in [5.41, 5.74) is 5.15. The predicted octanol–water partition coefficient (Wildman–Crippen LogP) is 0.643. The lowest BCUT2D eigenvalue weighted by atomic mass is 10.0. The minimum atomic E-state index is -3.14. The third kappa shape index (κ3) is 4.93. The maximum atomic E-state index is 11.8. The zero-order valence-corrected chi connectivity index (χ0v) is 10.4. The summed E-state index contributed by atoms with van der Waals surface area (Å²) in [4.78, 5) is 0. The van der Waals surface area contributed by atoms with Crippen molar-refractivity contribution < 1.29 is 8.42 Å². The van der Waals surface area contributed by atoms with Crippen molar-refractivity contribution in [2.75, 3.05) is 25.4 Å². The van der Waals surface area contributed by atoms with E-state index in [1.54, 1.807) is 0 Å². The maximum absolute atomic E-state index is 11.8. The Morgan fingerprint density at radius 1 is 1.29 bits per heavy atom. The SMILES string of the molecule is CCN(CCN)S(=O)(=O)CC(C)(C)C. The van der Waals surface area contributed by atoms with Crippen molar-refractivity contribution >= 4 is 10.0 Å². The van der Waals surface area contributed by atoms with E-state index in [9.17, 15) is 8.42 Å². The smallest absolute Gasteiger partial charge is 0.214 e. The lowest BCUT2D eigenvalue weighted by Crippen LogP contribution is -2.39. The summed E-state index contributed by atoms with van der Waals surface area (Å²) in [5, 5.41) is 0. The van der Waals surface area contributed by atoms with Crippen molar-refractivity contribution in [2.45, 2.75) is 27.7 Å². The molecule has 0 saturated heterocycles. The van der Waals surface area contributed by atoms with Crippen LogP contribution in [0.15, 0.2) is 0 Å². The van der Waals surface area contributed by atoms with Crippen molar-refractivity contribution in [2.24, 2.45) is 11.1 Å². The number of nitrogens with two attached hydrogens (primary N) is 1. The highest BCUT2D eigenvalue weighted by molar-refractivity contribution is 7.89. The quantitative estimate of drug-likeness (QED) is 0.742. The highest BCUT2D eigenvalue weighted by atomic mass is 32.2. The van der Waals surface area contributed by atoms with Gasteiger partial charge in [-0.15, -0.1) is 0 Å². The number of likely N-dealkylation sites (N-methyl/N-ethyl adjacent to an activating group) is 1. The summed E-state index contributed by atoms with van der Waals surface area (Å²) in [6.07, 6.45) is 0. The molecule has 0 spiro atoms. The Hall–Kier alpha value is -0.130. The van der Waals surface area contributed by atoms with E-state index in [1.807, 2.05) is 27.7 Å². The van der Waals surface area contributed by atoms with Crippen LogP contribution in [0.3, 0.4) is 0 Å². The summed E-state index contributed by atoms with van der Waals surface area (Å²) in [7, 11) is -3.14. The van der Waals surface area contributed by atoms with Gasteiger partial charge in [-0.2, -0.15) is 0 Å². The molecule has 2 N–H and O–H groups in total. The molecule has 0 unspecified atom stereocenters. The molecule has 0 atom stereocenters. The van der Waals surface area contributed by atoms with Gasteiger partial charge in [-0.3, -0.25) is 0 Å². The molecule has 0 aromatic heterocycles. The Labute approximate surface area is 87.5 Å². The minimum absolute atomic E-state index is 0.174.